The topological polar surface area (TPSA) is 21.3 Å². The van der Waals surface area contributed by atoms with Crippen molar-refractivity contribution in [3.8, 4) is 0 Å². The van der Waals surface area contributed by atoms with Crippen LogP contribution in [0.2, 0.25) is 0 Å². The van der Waals surface area contributed by atoms with Gasteiger partial charge in [0.05, 0.1) is 6.10 Å². The number of hydrogen-bond acceptors (Lipinski definition) is 3. The maximum absolute atomic E-state index is 5.84. The highest BCUT2D eigenvalue weighted by molar-refractivity contribution is 9.10. The molecule has 0 spiro atoms. The first-order chi connectivity index (χ1) is 8.74. The van der Waals surface area contributed by atoms with Crippen LogP contribution in [0.15, 0.2) is 15.9 Å². The molecule has 0 radical (unpaired) electrons. The zero-order valence-corrected chi connectivity index (χ0v) is 13.5. The van der Waals surface area contributed by atoms with Crippen LogP contribution in [0.5, 0.6) is 0 Å². The molecule has 1 aromatic heterocycles. The Morgan fingerprint density at radius 3 is 3.00 bits per heavy atom. The summed E-state index contributed by atoms with van der Waals surface area (Å²) in [7, 11) is 0. The van der Waals surface area contributed by atoms with E-state index in [9.17, 15) is 0 Å². The van der Waals surface area contributed by atoms with Gasteiger partial charge in [0, 0.05) is 33.3 Å². The SMILES string of the molecule is CCNC(Cc1cc(Br)cs1)C1CCOC1CC. The van der Waals surface area contributed by atoms with Crippen molar-refractivity contribution in [1.29, 1.82) is 0 Å². The molecule has 0 amide bonds. The summed E-state index contributed by atoms with van der Waals surface area (Å²) in [6.07, 6.45) is 3.88. The minimum Gasteiger partial charge on any atom is -0.378 e. The second-order valence-electron chi connectivity index (χ2n) is 4.87. The zero-order valence-electron chi connectivity index (χ0n) is 11.1. The summed E-state index contributed by atoms with van der Waals surface area (Å²) in [6, 6.07) is 2.79. The average molecular weight is 332 g/mol. The van der Waals surface area contributed by atoms with Gasteiger partial charge in [-0.25, -0.2) is 0 Å². The van der Waals surface area contributed by atoms with Crippen molar-refractivity contribution in [2.75, 3.05) is 13.2 Å². The standard InChI is InChI=1S/C14H22BrNOS/c1-3-14-12(5-6-17-14)13(16-4-2)8-11-7-10(15)9-18-11/h7,9,12-14,16H,3-6,8H2,1-2H3. The number of rotatable bonds is 6. The Bertz CT molecular complexity index is 368. The smallest absolute Gasteiger partial charge is 0.0616 e. The average Bonchev–Trinajstić information content (AvgIpc) is 2.97. The second-order valence-corrected chi connectivity index (χ2v) is 6.78. The van der Waals surface area contributed by atoms with Crippen LogP contribution in [0.4, 0.5) is 0 Å². The Balaban J connectivity index is 2.03. The van der Waals surface area contributed by atoms with Crippen molar-refractivity contribution < 1.29 is 4.74 Å². The number of likely N-dealkylation sites (N-methyl/N-ethyl adjacent to an activating group) is 1. The molecule has 1 aliphatic rings. The van der Waals surface area contributed by atoms with E-state index in [1.165, 1.54) is 15.8 Å². The fourth-order valence-electron chi connectivity index (χ4n) is 2.86. The second kappa shape index (κ2) is 7.04. The highest BCUT2D eigenvalue weighted by atomic mass is 79.9. The number of hydrogen-bond donors (Lipinski definition) is 1. The van der Waals surface area contributed by atoms with Gasteiger partial charge >= 0.3 is 0 Å². The van der Waals surface area contributed by atoms with Gasteiger partial charge in [-0.2, -0.15) is 0 Å². The van der Waals surface area contributed by atoms with Crippen LogP contribution in [0.1, 0.15) is 31.6 Å². The minimum absolute atomic E-state index is 0.442. The molecule has 1 aromatic rings. The monoisotopic (exact) mass is 331 g/mol. The number of ether oxygens (including phenoxy) is 1. The summed E-state index contributed by atoms with van der Waals surface area (Å²) < 4.78 is 7.04. The van der Waals surface area contributed by atoms with Crippen molar-refractivity contribution in [2.24, 2.45) is 5.92 Å². The van der Waals surface area contributed by atoms with E-state index in [4.69, 9.17) is 4.74 Å². The molecule has 0 aliphatic carbocycles. The van der Waals surface area contributed by atoms with Gasteiger partial charge in [0.2, 0.25) is 0 Å². The van der Waals surface area contributed by atoms with Gasteiger partial charge in [0.25, 0.3) is 0 Å². The lowest BCUT2D eigenvalue weighted by Gasteiger charge is -2.27. The van der Waals surface area contributed by atoms with E-state index in [0.717, 1.165) is 26.0 Å². The van der Waals surface area contributed by atoms with Gasteiger partial charge < -0.3 is 10.1 Å². The van der Waals surface area contributed by atoms with Crippen LogP contribution in [0.25, 0.3) is 0 Å². The molecule has 0 bridgehead atoms. The molecule has 1 fully saturated rings. The van der Waals surface area contributed by atoms with Gasteiger partial charge in [-0.1, -0.05) is 13.8 Å². The molecule has 2 heterocycles. The first kappa shape index (κ1) is 14.5. The quantitative estimate of drug-likeness (QED) is 0.854. The van der Waals surface area contributed by atoms with Crippen LogP contribution in [-0.2, 0) is 11.2 Å². The molecule has 3 atom stereocenters. The third-order valence-electron chi connectivity index (χ3n) is 3.69. The van der Waals surface area contributed by atoms with Crippen LogP contribution in [0, 0.1) is 5.92 Å². The summed E-state index contributed by atoms with van der Waals surface area (Å²) in [6.45, 7) is 6.38. The first-order valence-electron chi connectivity index (χ1n) is 6.82. The van der Waals surface area contributed by atoms with E-state index in [2.05, 4.69) is 46.5 Å². The molecule has 0 saturated carbocycles. The van der Waals surface area contributed by atoms with E-state index < -0.39 is 0 Å². The molecule has 4 heteroatoms. The van der Waals surface area contributed by atoms with Crippen molar-refractivity contribution in [2.45, 2.75) is 45.3 Å². The predicted octanol–water partition coefficient (Wildman–Crippen LogP) is 3.85. The number of halogens is 1. The lowest BCUT2D eigenvalue weighted by atomic mass is 9.89. The lowest BCUT2D eigenvalue weighted by Crippen LogP contribution is -2.41. The Kier molecular flexibility index (Phi) is 5.67. The van der Waals surface area contributed by atoms with E-state index in [-0.39, 0.29) is 0 Å². The van der Waals surface area contributed by atoms with E-state index in [1.54, 1.807) is 0 Å². The third-order valence-corrected chi connectivity index (χ3v) is 5.41. The van der Waals surface area contributed by atoms with Crippen LogP contribution >= 0.6 is 27.3 Å². The Morgan fingerprint density at radius 2 is 2.39 bits per heavy atom. The molecule has 2 rings (SSSR count). The van der Waals surface area contributed by atoms with Gasteiger partial charge in [-0.3, -0.25) is 0 Å². The third kappa shape index (κ3) is 3.56. The molecule has 0 aromatic carbocycles. The summed E-state index contributed by atoms with van der Waals surface area (Å²) in [4.78, 5) is 1.45. The maximum atomic E-state index is 5.84. The first-order valence-corrected chi connectivity index (χ1v) is 8.49. The van der Waals surface area contributed by atoms with Crippen LogP contribution in [-0.4, -0.2) is 25.3 Å². The molecular formula is C14H22BrNOS. The fraction of sp³-hybridized carbons (Fsp3) is 0.714. The Morgan fingerprint density at radius 1 is 1.56 bits per heavy atom. The molecule has 1 N–H and O–H groups in total. The highest BCUT2D eigenvalue weighted by Crippen LogP contribution is 2.30. The maximum Gasteiger partial charge on any atom is 0.0616 e. The van der Waals surface area contributed by atoms with Crippen LogP contribution < -0.4 is 5.32 Å². The molecule has 18 heavy (non-hydrogen) atoms. The van der Waals surface area contributed by atoms with Crippen LogP contribution in [0.3, 0.4) is 0 Å². The summed E-state index contributed by atoms with van der Waals surface area (Å²) in [5.74, 6) is 0.663. The van der Waals surface area contributed by atoms with Gasteiger partial charge in [0.1, 0.15) is 0 Å². The summed E-state index contributed by atoms with van der Waals surface area (Å²) in [5.41, 5.74) is 0. The Labute approximate surface area is 122 Å². The van der Waals surface area contributed by atoms with E-state index in [0.29, 0.717) is 18.1 Å². The fourth-order valence-corrected chi connectivity index (χ4v) is 4.37. The van der Waals surface area contributed by atoms with E-state index >= 15 is 0 Å². The normalized spacial score (nSPS) is 25.5. The molecule has 3 unspecified atom stereocenters. The lowest BCUT2D eigenvalue weighted by molar-refractivity contribution is 0.0777. The molecule has 2 nitrogen and oxygen atoms in total. The Hall–Kier alpha value is 0.1000. The molecule has 1 saturated heterocycles. The van der Waals surface area contributed by atoms with E-state index in [1.807, 2.05) is 11.3 Å². The number of nitrogens with one attached hydrogen (secondary N) is 1. The van der Waals surface area contributed by atoms with Crippen molar-refractivity contribution in [1.82, 2.24) is 5.32 Å². The number of thiophene rings is 1. The highest BCUT2D eigenvalue weighted by Gasteiger charge is 2.33. The van der Waals surface area contributed by atoms with Crippen molar-refractivity contribution in [3.63, 3.8) is 0 Å². The van der Waals surface area contributed by atoms with Crippen molar-refractivity contribution >= 4 is 27.3 Å². The largest absolute Gasteiger partial charge is 0.378 e. The minimum atomic E-state index is 0.442. The van der Waals surface area contributed by atoms with Gasteiger partial charge in [0.15, 0.2) is 0 Å². The zero-order chi connectivity index (χ0) is 13.0. The summed E-state index contributed by atoms with van der Waals surface area (Å²) >= 11 is 5.38. The molecule has 102 valence electrons. The molecule has 1 aliphatic heterocycles. The summed E-state index contributed by atoms with van der Waals surface area (Å²) in [5, 5.41) is 5.83. The molecular weight excluding hydrogens is 310 g/mol. The predicted molar refractivity (Wildman–Crippen MR) is 81.3 cm³/mol. The van der Waals surface area contributed by atoms with Gasteiger partial charge in [-0.15, -0.1) is 11.3 Å². The van der Waals surface area contributed by atoms with Crippen molar-refractivity contribution in [3.05, 3.63) is 20.8 Å². The van der Waals surface area contributed by atoms with Gasteiger partial charge in [-0.05, 0) is 47.8 Å².